The third kappa shape index (κ3) is 2.70. The lowest BCUT2D eigenvalue weighted by Crippen LogP contribution is -2.29. The van der Waals surface area contributed by atoms with Gasteiger partial charge < -0.3 is 9.64 Å². The van der Waals surface area contributed by atoms with E-state index in [4.69, 9.17) is 4.74 Å². The molecule has 0 aliphatic carbocycles. The van der Waals surface area contributed by atoms with Gasteiger partial charge in [0, 0.05) is 6.92 Å². The largest absolute Gasteiger partial charge is 0.460 e. The van der Waals surface area contributed by atoms with Gasteiger partial charge in [0.25, 0.3) is 0 Å². The number of hydrogen-bond donors (Lipinski definition) is 0. The van der Waals surface area contributed by atoms with Crippen LogP contribution in [0.2, 0.25) is 0 Å². The number of esters is 1. The zero-order valence-corrected chi connectivity index (χ0v) is 10.6. The Morgan fingerprint density at radius 2 is 2.06 bits per heavy atom. The summed E-state index contributed by atoms with van der Waals surface area (Å²) in [5.41, 5.74) is 1.09. The third-order valence-corrected chi connectivity index (χ3v) is 3.21. The van der Waals surface area contributed by atoms with Crippen LogP contribution in [0, 0.1) is 0 Å². The molecule has 1 amide bonds. The minimum atomic E-state index is -0.331. The van der Waals surface area contributed by atoms with Crippen molar-refractivity contribution in [2.45, 2.75) is 32.4 Å². The van der Waals surface area contributed by atoms with E-state index in [0.29, 0.717) is 6.54 Å². The Bertz CT molecular complexity index is 444. The average Bonchev–Trinajstić information content (AvgIpc) is 2.69. The fraction of sp³-hybridized carbons (Fsp3) is 0.429. The van der Waals surface area contributed by atoms with Gasteiger partial charge in [0.15, 0.2) is 0 Å². The molecule has 1 saturated heterocycles. The molecule has 0 radical (unpaired) electrons. The van der Waals surface area contributed by atoms with E-state index in [-0.39, 0.29) is 30.4 Å². The zero-order valence-electron chi connectivity index (χ0n) is 10.6. The van der Waals surface area contributed by atoms with Crippen LogP contribution in [0.3, 0.4) is 0 Å². The lowest BCUT2D eigenvalue weighted by Gasteiger charge is -2.24. The van der Waals surface area contributed by atoms with Gasteiger partial charge in [-0.25, -0.2) is 0 Å². The van der Waals surface area contributed by atoms with Crippen molar-refractivity contribution in [1.82, 2.24) is 4.90 Å². The van der Waals surface area contributed by atoms with Crippen LogP contribution in [0.15, 0.2) is 30.3 Å². The summed E-state index contributed by atoms with van der Waals surface area (Å²) >= 11 is 0. The van der Waals surface area contributed by atoms with Crippen LogP contribution in [0.5, 0.6) is 0 Å². The quantitative estimate of drug-likeness (QED) is 0.766. The standard InChI is InChI=1S/C14H17NO3/c1-10(12-6-4-3-5-7-12)15-9-13(8-14(15)17)18-11(2)16/h3-7,10,13H,8-9H2,1-2H3/t10-,13?/m1/s1. The molecule has 4 nitrogen and oxygen atoms in total. The van der Waals surface area contributed by atoms with Gasteiger partial charge in [0.2, 0.25) is 5.91 Å². The highest BCUT2D eigenvalue weighted by atomic mass is 16.5. The Hall–Kier alpha value is -1.84. The van der Waals surface area contributed by atoms with Gasteiger partial charge in [-0.05, 0) is 12.5 Å². The number of ether oxygens (including phenoxy) is 1. The van der Waals surface area contributed by atoms with Crippen molar-refractivity contribution in [3.05, 3.63) is 35.9 Å². The molecule has 18 heavy (non-hydrogen) atoms. The summed E-state index contributed by atoms with van der Waals surface area (Å²) in [4.78, 5) is 24.6. The molecule has 1 aliphatic rings. The summed E-state index contributed by atoms with van der Waals surface area (Å²) in [5, 5.41) is 0. The fourth-order valence-electron chi connectivity index (χ4n) is 2.30. The highest BCUT2D eigenvalue weighted by molar-refractivity contribution is 5.80. The zero-order chi connectivity index (χ0) is 13.1. The first-order chi connectivity index (χ1) is 8.58. The number of amides is 1. The van der Waals surface area contributed by atoms with Crippen molar-refractivity contribution in [3.8, 4) is 0 Å². The molecule has 0 aromatic heterocycles. The number of rotatable bonds is 3. The van der Waals surface area contributed by atoms with Crippen molar-refractivity contribution in [2.75, 3.05) is 6.54 Å². The first-order valence-electron chi connectivity index (χ1n) is 6.09. The molecule has 2 atom stereocenters. The smallest absolute Gasteiger partial charge is 0.302 e. The van der Waals surface area contributed by atoms with Crippen LogP contribution in [-0.2, 0) is 14.3 Å². The molecule has 1 fully saturated rings. The van der Waals surface area contributed by atoms with Crippen LogP contribution < -0.4 is 0 Å². The van der Waals surface area contributed by atoms with Gasteiger partial charge >= 0.3 is 5.97 Å². The maximum absolute atomic E-state index is 11.9. The summed E-state index contributed by atoms with van der Waals surface area (Å²) < 4.78 is 5.10. The van der Waals surface area contributed by atoms with E-state index in [2.05, 4.69) is 0 Å². The van der Waals surface area contributed by atoms with Gasteiger partial charge in [0.1, 0.15) is 6.10 Å². The molecule has 2 rings (SSSR count). The fourth-order valence-corrected chi connectivity index (χ4v) is 2.30. The predicted octanol–water partition coefficient (Wildman–Crippen LogP) is 1.91. The maximum Gasteiger partial charge on any atom is 0.302 e. The highest BCUT2D eigenvalue weighted by Crippen LogP contribution is 2.26. The second-order valence-electron chi connectivity index (χ2n) is 4.57. The molecule has 1 aliphatic heterocycles. The van der Waals surface area contributed by atoms with Crippen molar-refractivity contribution >= 4 is 11.9 Å². The Labute approximate surface area is 107 Å². The van der Waals surface area contributed by atoms with Gasteiger partial charge in [0.05, 0.1) is 19.0 Å². The van der Waals surface area contributed by atoms with Crippen molar-refractivity contribution in [2.24, 2.45) is 0 Å². The lowest BCUT2D eigenvalue weighted by molar-refractivity contribution is -0.145. The summed E-state index contributed by atoms with van der Waals surface area (Å²) in [6.45, 7) is 3.84. The monoisotopic (exact) mass is 247 g/mol. The topological polar surface area (TPSA) is 46.6 Å². The number of carbonyl (C=O) groups excluding carboxylic acids is 2. The molecule has 0 bridgehead atoms. The predicted molar refractivity (Wildman–Crippen MR) is 66.7 cm³/mol. The molecule has 0 saturated carbocycles. The highest BCUT2D eigenvalue weighted by Gasteiger charge is 2.34. The second-order valence-corrected chi connectivity index (χ2v) is 4.57. The van der Waals surface area contributed by atoms with E-state index >= 15 is 0 Å². The Morgan fingerprint density at radius 1 is 1.39 bits per heavy atom. The molecule has 0 N–H and O–H groups in total. The number of hydrogen-bond acceptors (Lipinski definition) is 3. The third-order valence-electron chi connectivity index (χ3n) is 3.21. The van der Waals surface area contributed by atoms with Gasteiger partial charge in [-0.1, -0.05) is 30.3 Å². The molecule has 1 aromatic carbocycles. The van der Waals surface area contributed by atoms with E-state index in [9.17, 15) is 9.59 Å². The summed E-state index contributed by atoms with van der Waals surface area (Å²) in [7, 11) is 0. The normalized spacial score (nSPS) is 20.9. The minimum Gasteiger partial charge on any atom is -0.460 e. The second kappa shape index (κ2) is 5.21. The van der Waals surface area contributed by atoms with E-state index in [1.165, 1.54) is 6.92 Å². The van der Waals surface area contributed by atoms with Gasteiger partial charge in [-0.15, -0.1) is 0 Å². The van der Waals surface area contributed by atoms with Crippen LogP contribution in [0.4, 0.5) is 0 Å². The Kier molecular flexibility index (Phi) is 3.65. The first-order valence-corrected chi connectivity index (χ1v) is 6.09. The van der Waals surface area contributed by atoms with E-state index in [1.54, 1.807) is 4.90 Å². The van der Waals surface area contributed by atoms with E-state index in [1.807, 2.05) is 37.3 Å². The number of nitrogens with zero attached hydrogens (tertiary/aromatic N) is 1. The van der Waals surface area contributed by atoms with Crippen LogP contribution in [-0.4, -0.2) is 29.4 Å². The van der Waals surface area contributed by atoms with Crippen molar-refractivity contribution < 1.29 is 14.3 Å². The molecular formula is C14H17NO3. The van der Waals surface area contributed by atoms with Gasteiger partial charge in [-0.3, -0.25) is 9.59 Å². The van der Waals surface area contributed by atoms with E-state index < -0.39 is 0 Å². The Balaban J connectivity index is 2.06. The summed E-state index contributed by atoms with van der Waals surface area (Å²) in [6.07, 6.45) is -0.0160. The molecule has 1 unspecified atom stereocenters. The van der Waals surface area contributed by atoms with Crippen LogP contribution in [0.25, 0.3) is 0 Å². The van der Waals surface area contributed by atoms with Gasteiger partial charge in [-0.2, -0.15) is 0 Å². The molecule has 1 aromatic rings. The first kappa shape index (κ1) is 12.6. The number of benzene rings is 1. The minimum absolute atomic E-state index is 0.0132. The maximum atomic E-state index is 11.9. The number of carbonyl (C=O) groups is 2. The Morgan fingerprint density at radius 3 is 2.67 bits per heavy atom. The van der Waals surface area contributed by atoms with Crippen LogP contribution in [0.1, 0.15) is 31.9 Å². The summed E-state index contributed by atoms with van der Waals surface area (Å²) in [6, 6.07) is 9.86. The summed E-state index contributed by atoms with van der Waals surface area (Å²) in [5.74, 6) is -0.292. The average molecular weight is 247 g/mol. The molecule has 0 spiro atoms. The van der Waals surface area contributed by atoms with Crippen molar-refractivity contribution in [1.29, 1.82) is 0 Å². The number of likely N-dealkylation sites (tertiary alicyclic amines) is 1. The molecule has 1 heterocycles. The van der Waals surface area contributed by atoms with E-state index in [0.717, 1.165) is 5.56 Å². The molecule has 4 heteroatoms. The lowest BCUT2D eigenvalue weighted by atomic mass is 10.1. The molecule has 96 valence electrons. The SMILES string of the molecule is CC(=O)OC1CC(=O)N([C@H](C)c2ccccc2)C1. The van der Waals surface area contributed by atoms with Crippen molar-refractivity contribution in [3.63, 3.8) is 0 Å². The molecular weight excluding hydrogens is 230 g/mol. The van der Waals surface area contributed by atoms with Crippen LogP contribution >= 0.6 is 0 Å².